The first-order valence-electron chi connectivity index (χ1n) is 9.06. The highest BCUT2D eigenvalue weighted by Crippen LogP contribution is 2.35. The Hall–Kier alpha value is -1.73. The van der Waals surface area contributed by atoms with Gasteiger partial charge in [-0.2, -0.15) is 0 Å². The van der Waals surface area contributed by atoms with Gasteiger partial charge in [-0.15, -0.1) is 0 Å². The highest BCUT2D eigenvalue weighted by molar-refractivity contribution is 9.10. The molecule has 1 aliphatic rings. The lowest BCUT2D eigenvalue weighted by Crippen LogP contribution is -2.23. The van der Waals surface area contributed by atoms with E-state index >= 15 is 0 Å². The number of nitrogens with one attached hydrogen (secondary N) is 1. The van der Waals surface area contributed by atoms with Gasteiger partial charge in [0.05, 0.1) is 10.8 Å². The van der Waals surface area contributed by atoms with Crippen molar-refractivity contribution in [3.63, 3.8) is 0 Å². The van der Waals surface area contributed by atoms with Gasteiger partial charge in [-0.25, -0.2) is 13.4 Å². The standard InChI is InChI=1S/C20H23BrN2O3S/c1-27(25,26)16-11-9-15(10-12-16)17(13-14-5-2-3-6-14)20(24)23-19-8-4-7-18(21)22-19/h4,7-12,14,17H,2-3,5-6,13H2,1H3,(H,22,23,24)/t17-/m1/s1. The van der Waals surface area contributed by atoms with Crippen LogP contribution in [0.4, 0.5) is 5.82 Å². The van der Waals surface area contributed by atoms with Gasteiger partial charge in [0.1, 0.15) is 10.4 Å². The number of aromatic nitrogens is 1. The fourth-order valence-electron chi connectivity index (χ4n) is 3.61. The zero-order valence-electron chi connectivity index (χ0n) is 15.2. The number of hydrogen-bond donors (Lipinski definition) is 1. The van der Waals surface area contributed by atoms with E-state index in [4.69, 9.17) is 0 Å². The lowest BCUT2D eigenvalue weighted by atomic mass is 9.87. The minimum Gasteiger partial charge on any atom is -0.310 e. The molecular formula is C20H23BrN2O3S. The summed E-state index contributed by atoms with van der Waals surface area (Å²) in [7, 11) is -3.26. The topological polar surface area (TPSA) is 76.1 Å². The molecular weight excluding hydrogens is 428 g/mol. The van der Waals surface area contributed by atoms with Gasteiger partial charge < -0.3 is 5.32 Å². The summed E-state index contributed by atoms with van der Waals surface area (Å²) in [5.41, 5.74) is 0.835. The molecule has 144 valence electrons. The fourth-order valence-corrected chi connectivity index (χ4v) is 4.59. The maximum Gasteiger partial charge on any atom is 0.233 e. The van der Waals surface area contributed by atoms with Crippen LogP contribution in [0, 0.1) is 5.92 Å². The Morgan fingerprint density at radius 3 is 2.44 bits per heavy atom. The van der Waals surface area contributed by atoms with Gasteiger partial charge in [0.15, 0.2) is 9.84 Å². The Morgan fingerprint density at radius 1 is 1.19 bits per heavy atom. The maximum absolute atomic E-state index is 13.0. The number of pyridine rings is 1. The molecule has 0 spiro atoms. The monoisotopic (exact) mass is 450 g/mol. The molecule has 0 radical (unpaired) electrons. The predicted molar refractivity (Wildman–Crippen MR) is 109 cm³/mol. The van der Waals surface area contributed by atoms with Crippen molar-refractivity contribution in [3.8, 4) is 0 Å². The SMILES string of the molecule is CS(=O)(=O)c1ccc([C@@H](CC2CCCC2)C(=O)Nc2cccc(Br)n2)cc1. The summed E-state index contributed by atoms with van der Waals surface area (Å²) < 4.78 is 24.1. The average Bonchev–Trinajstić information content (AvgIpc) is 3.12. The number of hydrogen-bond acceptors (Lipinski definition) is 4. The predicted octanol–water partition coefficient (Wildman–Crippen LogP) is 4.55. The van der Waals surface area contributed by atoms with Gasteiger partial charge >= 0.3 is 0 Å². The van der Waals surface area contributed by atoms with Crippen LogP contribution in [0.2, 0.25) is 0 Å². The van der Waals surface area contributed by atoms with E-state index in [2.05, 4.69) is 26.2 Å². The van der Waals surface area contributed by atoms with E-state index in [0.717, 1.165) is 24.8 Å². The molecule has 27 heavy (non-hydrogen) atoms. The quantitative estimate of drug-likeness (QED) is 0.654. The van der Waals surface area contributed by atoms with Crippen LogP contribution in [0.3, 0.4) is 0 Å². The van der Waals surface area contributed by atoms with E-state index in [1.54, 1.807) is 36.4 Å². The summed E-state index contributed by atoms with van der Waals surface area (Å²) in [4.78, 5) is 17.5. The summed E-state index contributed by atoms with van der Waals surface area (Å²) in [6.07, 6.45) is 6.64. The van der Waals surface area contributed by atoms with Crippen LogP contribution in [-0.2, 0) is 14.6 Å². The third kappa shape index (κ3) is 5.39. The Morgan fingerprint density at radius 2 is 1.85 bits per heavy atom. The lowest BCUT2D eigenvalue weighted by Gasteiger charge is -2.21. The largest absolute Gasteiger partial charge is 0.310 e. The van der Waals surface area contributed by atoms with E-state index in [0.29, 0.717) is 16.3 Å². The zero-order valence-corrected chi connectivity index (χ0v) is 17.6. The van der Waals surface area contributed by atoms with Crippen LogP contribution >= 0.6 is 15.9 Å². The van der Waals surface area contributed by atoms with Crippen molar-refractivity contribution < 1.29 is 13.2 Å². The van der Waals surface area contributed by atoms with Gasteiger partial charge in [0, 0.05) is 6.26 Å². The Balaban J connectivity index is 1.84. The van der Waals surface area contributed by atoms with Crippen molar-refractivity contribution >= 4 is 37.5 Å². The molecule has 0 unspecified atom stereocenters. The van der Waals surface area contributed by atoms with Crippen molar-refractivity contribution in [3.05, 3.63) is 52.6 Å². The number of anilines is 1. The Bertz CT molecular complexity index is 907. The van der Waals surface area contributed by atoms with Crippen LogP contribution in [-0.4, -0.2) is 25.6 Å². The van der Waals surface area contributed by atoms with Crippen LogP contribution < -0.4 is 5.32 Å². The van der Waals surface area contributed by atoms with E-state index in [9.17, 15) is 13.2 Å². The van der Waals surface area contributed by atoms with Gasteiger partial charge in [-0.3, -0.25) is 4.79 Å². The van der Waals surface area contributed by atoms with Crippen LogP contribution in [0.25, 0.3) is 0 Å². The molecule has 1 atom stereocenters. The molecule has 1 heterocycles. The molecule has 1 aromatic heterocycles. The third-order valence-corrected chi connectivity index (χ3v) is 6.61. The molecule has 1 N–H and O–H groups in total. The summed E-state index contributed by atoms with van der Waals surface area (Å²) in [6.45, 7) is 0. The van der Waals surface area contributed by atoms with E-state index in [-0.39, 0.29) is 16.7 Å². The van der Waals surface area contributed by atoms with E-state index in [1.807, 2.05) is 6.07 Å². The second kappa shape index (κ2) is 8.52. The first-order valence-corrected chi connectivity index (χ1v) is 11.7. The number of sulfone groups is 1. The summed E-state index contributed by atoms with van der Waals surface area (Å²) in [5, 5.41) is 2.90. The molecule has 7 heteroatoms. The summed E-state index contributed by atoms with van der Waals surface area (Å²) >= 11 is 3.31. The highest BCUT2D eigenvalue weighted by atomic mass is 79.9. The second-order valence-electron chi connectivity index (χ2n) is 7.11. The smallest absolute Gasteiger partial charge is 0.233 e. The average molecular weight is 451 g/mol. The number of amides is 1. The third-order valence-electron chi connectivity index (χ3n) is 5.04. The van der Waals surface area contributed by atoms with E-state index in [1.165, 1.54) is 19.1 Å². The molecule has 1 saturated carbocycles. The van der Waals surface area contributed by atoms with Crippen LogP contribution in [0.5, 0.6) is 0 Å². The first-order chi connectivity index (χ1) is 12.8. The number of carbonyl (C=O) groups is 1. The Labute approximate surface area is 168 Å². The zero-order chi connectivity index (χ0) is 19.4. The maximum atomic E-state index is 13.0. The van der Waals surface area contributed by atoms with Crippen molar-refractivity contribution in [1.82, 2.24) is 4.98 Å². The molecule has 3 rings (SSSR count). The molecule has 1 aromatic carbocycles. The fraction of sp³-hybridized carbons (Fsp3) is 0.400. The summed E-state index contributed by atoms with van der Waals surface area (Å²) in [5.74, 6) is 0.575. The van der Waals surface area contributed by atoms with Gasteiger partial charge in [0.2, 0.25) is 5.91 Å². The molecule has 1 amide bonds. The minimum atomic E-state index is -3.26. The van der Waals surface area contributed by atoms with Crippen LogP contribution in [0.1, 0.15) is 43.6 Å². The number of halogens is 1. The van der Waals surface area contributed by atoms with Crippen LogP contribution in [0.15, 0.2) is 52.0 Å². The molecule has 0 bridgehead atoms. The van der Waals surface area contributed by atoms with Crippen molar-refractivity contribution in [2.45, 2.75) is 42.9 Å². The Kier molecular flexibility index (Phi) is 6.32. The molecule has 1 aliphatic carbocycles. The number of carbonyl (C=O) groups excluding carboxylic acids is 1. The molecule has 2 aromatic rings. The molecule has 0 saturated heterocycles. The number of rotatable bonds is 6. The minimum absolute atomic E-state index is 0.111. The molecule has 0 aliphatic heterocycles. The number of benzene rings is 1. The van der Waals surface area contributed by atoms with Gasteiger partial charge in [-0.1, -0.05) is 43.9 Å². The normalized spacial score (nSPS) is 16.2. The van der Waals surface area contributed by atoms with Crippen molar-refractivity contribution in [2.24, 2.45) is 5.92 Å². The second-order valence-corrected chi connectivity index (χ2v) is 9.94. The lowest BCUT2D eigenvalue weighted by molar-refractivity contribution is -0.118. The van der Waals surface area contributed by atoms with Crippen molar-refractivity contribution in [2.75, 3.05) is 11.6 Å². The molecule has 5 nitrogen and oxygen atoms in total. The van der Waals surface area contributed by atoms with Crippen molar-refractivity contribution in [1.29, 1.82) is 0 Å². The van der Waals surface area contributed by atoms with E-state index < -0.39 is 9.84 Å². The first kappa shape index (κ1) is 20.0. The molecule has 1 fully saturated rings. The van der Waals surface area contributed by atoms with Gasteiger partial charge in [0.25, 0.3) is 0 Å². The van der Waals surface area contributed by atoms with Gasteiger partial charge in [-0.05, 0) is 58.1 Å². The number of nitrogens with zero attached hydrogens (tertiary/aromatic N) is 1. The summed E-state index contributed by atoms with van der Waals surface area (Å²) in [6, 6.07) is 12.0. The highest BCUT2D eigenvalue weighted by Gasteiger charge is 2.27.